The Kier molecular flexibility index (Phi) is 3.82. The number of nitrogens with zero attached hydrogens (tertiary/aromatic N) is 2. The number of carbonyl (C=O) groups is 1. The number of aromatic nitrogens is 1. The van der Waals surface area contributed by atoms with E-state index in [1.165, 1.54) is 0 Å². The molecule has 0 radical (unpaired) electrons. The first-order chi connectivity index (χ1) is 10.1. The molecule has 3 rings (SSSR count). The SMILES string of the molecule is NNc1ccc(C(=O)N2CCC3(O)CCCCC3C2)cn1. The third kappa shape index (κ3) is 2.73. The Hall–Kier alpha value is -1.66. The largest absolute Gasteiger partial charge is 0.389 e. The van der Waals surface area contributed by atoms with Crippen molar-refractivity contribution in [1.82, 2.24) is 9.88 Å². The van der Waals surface area contributed by atoms with Crippen LogP contribution in [-0.4, -0.2) is 39.6 Å². The molecule has 1 aromatic rings. The van der Waals surface area contributed by atoms with Gasteiger partial charge in [-0.1, -0.05) is 12.8 Å². The van der Waals surface area contributed by atoms with E-state index >= 15 is 0 Å². The van der Waals surface area contributed by atoms with E-state index in [9.17, 15) is 9.90 Å². The zero-order valence-corrected chi connectivity index (χ0v) is 12.1. The summed E-state index contributed by atoms with van der Waals surface area (Å²) in [6.45, 7) is 1.26. The third-order valence-electron chi connectivity index (χ3n) is 4.87. The average Bonchev–Trinajstić information content (AvgIpc) is 2.53. The fraction of sp³-hybridized carbons (Fsp3) is 0.600. The Morgan fingerprint density at radius 2 is 2.29 bits per heavy atom. The van der Waals surface area contributed by atoms with Gasteiger partial charge in [0.15, 0.2) is 0 Å². The minimum absolute atomic E-state index is 0.0151. The summed E-state index contributed by atoms with van der Waals surface area (Å²) in [5, 5.41) is 10.7. The van der Waals surface area contributed by atoms with E-state index in [-0.39, 0.29) is 11.8 Å². The highest BCUT2D eigenvalue weighted by atomic mass is 16.3. The van der Waals surface area contributed by atoms with Crippen LogP contribution in [-0.2, 0) is 0 Å². The highest BCUT2D eigenvalue weighted by Crippen LogP contribution is 2.39. The number of nitrogens with two attached hydrogens (primary N) is 1. The maximum absolute atomic E-state index is 12.5. The van der Waals surface area contributed by atoms with Crippen LogP contribution >= 0.6 is 0 Å². The van der Waals surface area contributed by atoms with E-state index in [1.807, 2.05) is 4.90 Å². The number of amides is 1. The summed E-state index contributed by atoms with van der Waals surface area (Å²) in [6.07, 6.45) is 6.34. The molecule has 4 N–H and O–H groups in total. The summed E-state index contributed by atoms with van der Waals surface area (Å²) in [7, 11) is 0. The second-order valence-corrected chi connectivity index (χ2v) is 6.12. The van der Waals surface area contributed by atoms with Gasteiger partial charge in [-0.3, -0.25) is 4.79 Å². The van der Waals surface area contributed by atoms with Crippen molar-refractivity contribution < 1.29 is 9.90 Å². The number of nitrogen functional groups attached to an aromatic ring is 1. The summed E-state index contributed by atoms with van der Waals surface area (Å²) in [6, 6.07) is 3.42. The van der Waals surface area contributed by atoms with Gasteiger partial charge in [-0.2, -0.15) is 0 Å². The summed E-state index contributed by atoms with van der Waals surface area (Å²) >= 11 is 0. The summed E-state index contributed by atoms with van der Waals surface area (Å²) in [4.78, 5) is 18.5. The Labute approximate surface area is 124 Å². The molecule has 1 saturated heterocycles. The van der Waals surface area contributed by atoms with Crippen LogP contribution in [0.5, 0.6) is 0 Å². The van der Waals surface area contributed by atoms with E-state index in [4.69, 9.17) is 5.84 Å². The van der Waals surface area contributed by atoms with E-state index < -0.39 is 5.60 Å². The molecular formula is C15H22N4O2. The molecule has 2 heterocycles. The smallest absolute Gasteiger partial charge is 0.255 e. The van der Waals surface area contributed by atoms with Gasteiger partial charge in [-0.25, -0.2) is 10.8 Å². The standard InChI is InChI=1S/C15H22N4O2/c16-18-13-5-4-11(9-17-13)14(20)19-8-7-15(21)6-2-1-3-12(15)10-19/h4-5,9,12,21H,1-3,6-8,10,16H2,(H,17,18). The molecule has 0 aromatic carbocycles. The van der Waals surface area contributed by atoms with E-state index in [1.54, 1.807) is 18.3 Å². The number of aliphatic hydroxyl groups is 1. The van der Waals surface area contributed by atoms with Crippen molar-refractivity contribution in [3.63, 3.8) is 0 Å². The topological polar surface area (TPSA) is 91.5 Å². The molecule has 2 unspecified atom stereocenters. The van der Waals surface area contributed by atoms with Crippen molar-refractivity contribution in [2.45, 2.75) is 37.7 Å². The van der Waals surface area contributed by atoms with E-state index in [0.29, 0.717) is 30.9 Å². The number of hydrogen-bond acceptors (Lipinski definition) is 5. The minimum atomic E-state index is -0.555. The van der Waals surface area contributed by atoms with Crippen molar-refractivity contribution in [1.29, 1.82) is 0 Å². The van der Waals surface area contributed by atoms with Gasteiger partial charge in [0.05, 0.1) is 11.2 Å². The monoisotopic (exact) mass is 290 g/mol. The van der Waals surface area contributed by atoms with Crippen molar-refractivity contribution in [2.24, 2.45) is 11.8 Å². The molecule has 1 aromatic heterocycles. The van der Waals surface area contributed by atoms with Crippen LogP contribution in [0.25, 0.3) is 0 Å². The summed E-state index contributed by atoms with van der Waals surface area (Å²) in [5.41, 5.74) is 2.46. The second-order valence-electron chi connectivity index (χ2n) is 6.12. The average molecular weight is 290 g/mol. The predicted molar refractivity (Wildman–Crippen MR) is 79.5 cm³/mol. The van der Waals surface area contributed by atoms with Crippen molar-refractivity contribution in [2.75, 3.05) is 18.5 Å². The van der Waals surface area contributed by atoms with Gasteiger partial charge in [-0.15, -0.1) is 0 Å². The van der Waals surface area contributed by atoms with Gasteiger partial charge in [0.2, 0.25) is 0 Å². The number of carbonyl (C=O) groups excluding carboxylic acids is 1. The molecule has 2 aliphatic rings. The maximum atomic E-state index is 12.5. The number of nitrogens with one attached hydrogen (secondary N) is 1. The molecule has 1 saturated carbocycles. The fourth-order valence-corrected chi connectivity index (χ4v) is 3.54. The summed E-state index contributed by atoms with van der Waals surface area (Å²) < 4.78 is 0. The van der Waals surface area contributed by atoms with Crippen LogP contribution in [0, 0.1) is 5.92 Å². The Bertz CT molecular complexity index is 519. The summed E-state index contributed by atoms with van der Waals surface area (Å²) in [5.74, 6) is 6.00. The molecule has 114 valence electrons. The molecule has 21 heavy (non-hydrogen) atoms. The molecule has 2 atom stereocenters. The maximum Gasteiger partial charge on any atom is 0.255 e. The Balaban J connectivity index is 1.70. The normalized spacial score (nSPS) is 28.9. The van der Waals surface area contributed by atoms with Crippen molar-refractivity contribution in [3.05, 3.63) is 23.9 Å². The minimum Gasteiger partial charge on any atom is -0.389 e. The lowest BCUT2D eigenvalue weighted by atomic mass is 9.71. The number of fused-ring (bicyclic) bond motifs is 1. The second kappa shape index (κ2) is 5.61. The van der Waals surface area contributed by atoms with Crippen molar-refractivity contribution >= 4 is 11.7 Å². The van der Waals surface area contributed by atoms with Crippen LogP contribution < -0.4 is 11.3 Å². The Morgan fingerprint density at radius 3 is 3.00 bits per heavy atom. The fourth-order valence-electron chi connectivity index (χ4n) is 3.54. The van der Waals surface area contributed by atoms with Gasteiger partial charge in [-0.05, 0) is 31.4 Å². The zero-order chi connectivity index (χ0) is 14.9. The van der Waals surface area contributed by atoms with Gasteiger partial charge in [0, 0.05) is 25.2 Å². The Morgan fingerprint density at radius 1 is 1.43 bits per heavy atom. The quantitative estimate of drug-likeness (QED) is 0.561. The lowest BCUT2D eigenvalue weighted by molar-refractivity contribution is -0.0886. The van der Waals surface area contributed by atoms with Gasteiger partial charge in [0.25, 0.3) is 5.91 Å². The number of piperidine rings is 1. The van der Waals surface area contributed by atoms with Crippen LogP contribution in [0.15, 0.2) is 18.3 Å². The first-order valence-electron chi connectivity index (χ1n) is 7.57. The molecule has 2 fully saturated rings. The predicted octanol–water partition coefficient (Wildman–Crippen LogP) is 1.13. The first-order valence-corrected chi connectivity index (χ1v) is 7.57. The molecule has 0 bridgehead atoms. The molecule has 6 heteroatoms. The molecule has 1 aliphatic carbocycles. The van der Waals surface area contributed by atoms with Gasteiger partial charge < -0.3 is 15.4 Å². The number of pyridine rings is 1. The number of hydrazine groups is 1. The lowest BCUT2D eigenvalue weighted by Gasteiger charge is -2.47. The van der Waals surface area contributed by atoms with Crippen LogP contribution in [0.4, 0.5) is 5.82 Å². The molecular weight excluding hydrogens is 268 g/mol. The molecule has 6 nitrogen and oxygen atoms in total. The number of anilines is 1. The van der Waals surface area contributed by atoms with Crippen molar-refractivity contribution in [3.8, 4) is 0 Å². The van der Waals surface area contributed by atoms with Gasteiger partial charge >= 0.3 is 0 Å². The van der Waals surface area contributed by atoms with Gasteiger partial charge in [0.1, 0.15) is 5.82 Å². The highest BCUT2D eigenvalue weighted by molar-refractivity contribution is 5.94. The van der Waals surface area contributed by atoms with Crippen LogP contribution in [0.3, 0.4) is 0 Å². The molecule has 1 aliphatic heterocycles. The number of rotatable bonds is 2. The highest BCUT2D eigenvalue weighted by Gasteiger charge is 2.43. The van der Waals surface area contributed by atoms with Crippen LogP contribution in [0.1, 0.15) is 42.5 Å². The van der Waals surface area contributed by atoms with Crippen LogP contribution in [0.2, 0.25) is 0 Å². The molecule has 0 spiro atoms. The molecule has 1 amide bonds. The lowest BCUT2D eigenvalue weighted by Crippen LogP contribution is -2.54. The first kappa shape index (κ1) is 14.3. The van der Waals surface area contributed by atoms with E-state index in [0.717, 1.165) is 25.7 Å². The zero-order valence-electron chi connectivity index (χ0n) is 12.1. The number of hydrogen-bond donors (Lipinski definition) is 3. The number of likely N-dealkylation sites (tertiary alicyclic amines) is 1. The third-order valence-corrected chi connectivity index (χ3v) is 4.87. The van der Waals surface area contributed by atoms with E-state index in [2.05, 4.69) is 10.4 Å².